The van der Waals surface area contributed by atoms with Crippen molar-refractivity contribution in [3.63, 3.8) is 0 Å². The highest BCUT2D eigenvalue weighted by Crippen LogP contribution is 2.18. The van der Waals surface area contributed by atoms with Crippen molar-refractivity contribution in [3.8, 4) is 0 Å². The fourth-order valence-corrected chi connectivity index (χ4v) is 1.60. The highest BCUT2D eigenvalue weighted by Gasteiger charge is 2.29. The highest BCUT2D eigenvalue weighted by molar-refractivity contribution is 4.86. The van der Waals surface area contributed by atoms with Crippen LogP contribution in [0.1, 0.15) is 20.3 Å². The predicted molar refractivity (Wildman–Crippen MR) is 50.1 cm³/mol. The van der Waals surface area contributed by atoms with Gasteiger partial charge in [0.05, 0.1) is 13.2 Å². The topological polar surface area (TPSA) is 38.5 Å². The van der Waals surface area contributed by atoms with Gasteiger partial charge in [0, 0.05) is 25.2 Å². The van der Waals surface area contributed by atoms with Gasteiger partial charge in [-0.1, -0.05) is 6.92 Å². The summed E-state index contributed by atoms with van der Waals surface area (Å²) in [5.41, 5.74) is 5.95. The summed E-state index contributed by atoms with van der Waals surface area (Å²) >= 11 is 0. The summed E-state index contributed by atoms with van der Waals surface area (Å²) in [5, 5.41) is 0. The minimum atomic E-state index is 0.184. The van der Waals surface area contributed by atoms with Crippen LogP contribution in [0.25, 0.3) is 0 Å². The zero-order valence-corrected chi connectivity index (χ0v) is 8.18. The minimum Gasteiger partial charge on any atom is -0.379 e. The van der Waals surface area contributed by atoms with Crippen LogP contribution in [0.2, 0.25) is 0 Å². The summed E-state index contributed by atoms with van der Waals surface area (Å²) in [5.74, 6) is 0. The molecule has 2 N–H and O–H groups in total. The van der Waals surface area contributed by atoms with E-state index in [1.54, 1.807) is 0 Å². The van der Waals surface area contributed by atoms with Gasteiger partial charge in [0.25, 0.3) is 0 Å². The lowest BCUT2D eigenvalue weighted by molar-refractivity contribution is -0.0145. The molecule has 1 fully saturated rings. The Morgan fingerprint density at radius 1 is 1.42 bits per heavy atom. The van der Waals surface area contributed by atoms with Gasteiger partial charge < -0.3 is 10.5 Å². The van der Waals surface area contributed by atoms with E-state index in [-0.39, 0.29) is 5.54 Å². The fourth-order valence-electron chi connectivity index (χ4n) is 1.60. The molecule has 1 aliphatic heterocycles. The van der Waals surface area contributed by atoms with E-state index in [1.165, 1.54) is 0 Å². The van der Waals surface area contributed by atoms with E-state index in [0.29, 0.717) is 0 Å². The molecule has 0 aromatic carbocycles. The van der Waals surface area contributed by atoms with Gasteiger partial charge in [-0.2, -0.15) is 0 Å². The van der Waals surface area contributed by atoms with E-state index < -0.39 is 0 Å². The average molecular weight is 172 g/mol. The summed E-state index contributed by atoms with van der Waals surface area (Å²) in [4.78, 5) is 2.44. The van der Waals surface area contributed by atoms with Crippen LogP contribution in [-0.2, 0) is 4.74 Å². The molecule has 1 atom stereocenters. The Kier molecular flexibility index (Phi) is 3.50. The lowest BCUT2D eigenvalue weighted by Crippen LogP contribution is -2.55. The van der Waals surface area contributed by atoms with E-state index in [9.17, 15) is 0 Å². The zero-order valence-electron chi connectivity index (χ0n) is 8.18. The fraction of sp³-hybridized carbons (Fsp3) is 1.00. The SMILES string of the molecule is CC[C@](C)(CN)N1CCOCC1. The second-order valence-corrected chi connectivity index (χ2v) is 3.65. The summed E-state index contributed by atoms with van der Waals surface area (Å²) in [6, 6.07) is 0. The van der Waals surface area contributed by atoms with Crippen molar-refractivity contribution >= 4 is 0 Å². The van der Waals surface area contributed by atoms with Gasteiger partial charge in [-0.05, 0) is 13.3 Å². The second kappa shape index (κ2) is 4.21. The first-order valence-corrected chi connectivity index (χ1v) is 4.76. The standard InChI is InChI=1S/C9H20N2O/c1-3-9(2,8-10)11-4-6-12-7-5-11/h3-8,10H2,1-2H3/t9-/m1/s1. The first-order valence-electron chi connectivity index (χ1n) is 4.76. The smallest absolute Gasteiger partial charge is 0.0594 e. The first-order chi connectivity index (χ1) is 5.73. The van der Waals surface area contributed by atoms with Crippen molar-refractivity contribution in [2.24, 2.45) is 5.73 Å². The third-order valence-corrected chi connectivity index (χ3v) is 2.98. The van der Waals surface area contributed by atoms with E-state index in [4.69, 9.17) is 10.5 Å². The Morgan fingerprint density at radius 2 is 2.00 bits per heavy atom. The maximum atomic E-state index is 5.77. The Balaban J connectivity index is 2.51. The van der Waals surface area contributed by atoms with Gasteiger partial charge in [-0.25, -0.2) is 0 Å². The number of nitrogens with two attached hydrogens (primary N) is 1. The van der Waals surface area contributed by atoms with Crippen LogP contribution in [0, 0.1) is 0 Å². The number of nitrogens with zero attached hydrogens (tertiary/aromatic N) is 1. The minimum absolute atomic E-state index is 0.184. The number of ether oxygens (including phenoxy) is 1. The Labute approximate surface area is 74.9 Å². The van der Waals surface area contributed by atoms with Crippen LogP contribution in [0.4, 0.5) is 0 Å². The molecule has 0 aromatic heterocycles. The Morgan fingerprint density at radius 3 is 2.42 bits per heavy atom. The third-order valence-electron chi connectivity index (χ3n) is 2.98. The van der Waals surface area contributed by atoms with Crippen molar-refractivity contribution < 1.29 is 4.74 Å². The number of hydrogen-bond donors (Lipinski definition) is 1. The van der Waals surface area contributed by atoms with Crippen molar-refractivity contribution in [3.05, 3.63) is 0 Å². The van der Waals surface area contributed by atoms with E-state index in [1.807, 2.05) is 0 Å². The molecule has 3 nitrogen and oxygen atoms in total. The monoisotopic (exact) mass is 172 g/mol. The molecule has 0 aromatic rings. The van der Waals surface area contributed by atoms with E-state index >= 15 is 0 Å². The molecule has 0 amide bonds. The number of rotatable bonds is 3. The third kappa shape index (κ3) is 1.97. The molecular weight excluding hydrogens is 152 g/mol. The number of morpholine rings is 1. The van der Waals surface area contributed by atoms with Crippen LogP contribution in [0.5, 0.6) is 0 Å². The summed E-state index contributed by atoms with van der Waals surface area (Å²) in [6.07, 6.45) is 1.11. The van der Waals surface area contributed by atoms with Gasteiger partial charge in [-0.3, -0.25) is 4.90 Å². The largest absolute Gasteiger partial charge is 0.379 e. The Bertz CT molecular complexity index is 128. The molecule has 3 heteroatoms. The summed E-state index contributed by atoms with van der Waals surface area (Å²) in [7, 11) is 0. The molecule has 0 bridgehead atoms. The molecule has 1 heterocycles. The molecule has 1 rings (SSSR count). The van der Waals surface area contributed by atoms with E-state index in [0.717, 1.165) is 39.3 Å². The molecule has 1 aliphatic rings. The average Bonchev–Trinajstić information content (AvgIpc) is 2.18. The maximum absolute atomic E-state index is 5.77. The van der Waals surface area contributed by atoms with Crippen molar-refractivity contribution in [1.29, 1.82) is 0 Å². The van der Waals surface area contributed by atoms with Gasteiger partial charge >= 0.3 is 0 Å². The quantitative estimate of drug-likeness (QED) is 0.671. The Hall–Kier alpha value is -0.120. The van der Waals surface area contributed by atoms with Crippen LogP contribution in [0.3, 0.4) is 0 Å². The van der Waals surface area contributed by atoms with Crippen LogP contribution in [-0.4, -0.2) is 43.3 Å². The zero-order chi connectivity index (χ0) is 9.03. The van der Waals surface area contributed by atoms with Gasteiger partial charge in [0.1, 0.15) is 0 Å². The summed E-state index contributed by atoms with van der Waals surface area (Å²) < 4.78 is 5.30. The molecule has 0 saturated carbocycles. The maximum Gasteiger partial charge on any atom is 0.0594 e. The molecule has 72 valence electrons. The molecule has 0 aliphatic carbocycles. The number of hydrogen-bond acceptors (Lipinski definition) is 3. The summed E-state index contributed by atoms with van der Waals surface area (Å²) in [6.45, 7) is 8.94. The van der Waals surface area contributed by atoms with Gasteiger partial charge in [0.15, 0.2) is 0 Å². The lowest BCUT2D eigenvalue weighted by atomic mass is 9.96. The normalized spacial score (nSPS) is 25.2. The van der Waals surface area contributed by atoms with Crippen LogP contribution in [0.15, 0.2) is 0 Å². The van der Waals surface area contributed by atoms with Crippen LogP contribution >= 0.6 is 0 Å². The van der Waals surface area contributed by atoms with E-state index in [2.05, 4.69) is 18.7 Å². The molecule has 1 saturated heterocycles. The molecular formula is C9H20N2O. The van der Waals surface area contributed by atoms with Crippen LogP contribution < -0.4 is 5.73 Å². The van der Waals surface area contributed by atoms with Crippen molar-refractivity contribution in [1.82, 2.24) is 4.90 Å². The molecule has 12 heavy (non-hydrogen) atoms. The van der Waals surface area contributed by atoms with Crippen molar-refractivity contribution in [2.45, 2.75) is 25.8 Å². The van der Waals surface area contributed by atoms with Crippen molar-refractivity contribution in [2.75, 3.05) is 32.8 Å². The molecule has 0 unspecified atom stereocenters. The predicted octanol–water partition coefficient (Wildman–Crippen LogP) is 0.446. The first kappa shape index (κ1) is 9.96. The highest BCUT2D eigenvalue weighted by atomic mass is 16.5. The molecule has 0 spiro atoms. The molecule has 0 radical (unpaired) electrons. The van der Waals surface area contributed by atoms with Gasteiger partial charge in [0.2, 0.25) is 0 Å². The van der Waals surface area contributed by atoms with Gasteiger partial charge in [-0.15, -0.1) is 0 Å². The second-order valence-electron chi connectivity index (χ2n) is 3.65. The lowest BCUT2D eigenvalue weighted by Gasteiger charge is -2.42.